The van der Waals surface area contributed by atoms with E-state index >= 15 is 0 Å². The van der Waals surface area contributed by atoms with Crippen LogP contribution in [0.4, 0.5) is 0 Å². The van der Waals surface area contributed by atoms with Crippen LogP contribution in [-0.4, -0.2) is 23.8 Å². The molecule has 3 aliphatic rings. The fraction of sp³-hybridized carbons (Fsp3) is 0.850. The van der Waals surface area contributed by atoms with Crippen molar-refractivity contribution < 1.29 is 19.7 Å². The topological polar surface area (TPSA) is 55.8 Å². The van der Waals surface area contributed by atoms with Gasteiger partial charge in [0, 0.05) is 18.3 Å². The van der Waals surface area contributed by atoms with Crippen molar-refractivity contribution in [2.75, 3.05) is 0 Å². The monoisotopic (exact) mass is 336 g/mol. The van der Waals surface area contributed by atoms with E-state index in [1.807, 2.05) is 0 Å². The van der Waals surface area contributed by atoms with Gasteiger partial charge in [-0.05, 0) is 48.9 Å². The molecular formula is C20H32O4. The van der Waals surface area contributed by atoms with Gasteiger partial charge in [-0.15, -0.1) is 0 Å². The van der Waals surface area contributed by atoms with E-state index in [9.17, 15) is 9.90 Å². The van der Waals surface area contributed by atoms with Crippen molar-refractivity contribution in [1.82, 2.24) is 0 Å². The van der Waals surface area contributed by atoms with Gasteiger partial charge < -0.3 is 9.90 Å². The quantitative estimate of drug-likeness (QED) is 0.470. The van der Waals surface area contributed by atoms with Crippen molar-refractivity contribution in [3.05, 3.63) is 12.2 Å². The molecule has 4 heteroatoms. The Labute approximate surface area is 145 Å². The van der Waals surface area contributed by atoms with Gasteiger partial charge in [0.05, 0.1) is 0 Å². The fourth-order valence-electron chi connectivity index (χ4n) is 6.07. The molecule has 1 N–H and O–H groups in total. The lowest BCUT2D eigenvalue weighted by atomic mass is 9.46. The first kappa shape index (κ1) is 18.1. The predicted octanol–water partition coefficient (Wildman–Crippen LogP) is 4.03. The van der Waals surface area contributed by atoms with Crippen LogP contribution in [0.3, 0.4) is 0 Å². The smallest absolute Gasteiger partial charge is 0.189 e. The van der Waals surface area contributed by atoms with Gasteiger partial charge in [0.15, 0.2) is 6.29 Å². The molecule has 2 saturated carbocycles. The summed E-state index contributed by atoms with van der Waals surface area (Å²) >= 11 is 0. The largest absolute Gasteiger partial charge is 0.366 e. The summed E-state index contributed by atoms with van der Waals surface area (Å²) < 4.78 is 0. The maximum absolute atomic E-state index is 11.4. The van der Waals surface area contributed by atoms with Crippen LogP contribution in [0.1, 0.15) is 65.7 Å². The van der Waals surface area contributed by atoms with Crippen molar-refractivity contribution >= 4 is 6.29 Å². The third-order valence-corrected chi connectivity index (χ3v) is 7.07. The number of carbonyl (C=O) groups excluding carboxylic acids is 1. The molecule has 1 heterocycles. The molecule has 4 nitrogen and oxygen atoms in total. The minimum atomic E-state index is -1.02. The normalized spacial score (nSPS) is 46.0. The first-order valence-corrected chi connectivity index (χ1v) is 9.41. The predicted molar refractivity (Wildman–Crippen MR) is 91.8 cm³/mol. The molecule has 0 spiro atoms. The van der Waals surface area contributed by atoms with Gasteiger partial charge in [0.2, 0.25) is 0 Å². The molecule has 24 heavy (non-hydrogen) atoms. The van der Waals surface area contributed by atoms with Crippen LogP contribution in [0.25, 0.3) is 0 Å². The Kier molecular flexibility index (Phi) is 4.93. The molecular weight excluding hydrogens is 304 g/mol. The van der Waals surface area contributed by atoms with E-state index in [1.54, 1.807) is 0 Å². The Bertz CT molecular complexity index is 500. The zero-order valence-electron chi connectivity index (χ0n) is 15.3. The van der Waals surface area contributed by atoms with E-state index in [0.717, 1.165) is 12.7 Å². The molecule has 1 aliphatic heterocycles. The van der Waals surface area contributed by atoms with Crippen LogP contribution in [0.2, 0.25) is 0 Å². The maximum atomic E-state index is 11.4. The fourth-order valence-corrected chi connectivity index (χ4v) is 6.07. The second-order valence-corrected chi connectivity index (χ2v) is 9.13. The number of aliphatic hydroxyl groups is 1. The average Bonchev–Trinajstić information content (AvgIpc) is 2.67. The van der Waals surface area contributed by atoms with Crippen LogP contribution in [0.15, 0.2) is 12.2 Å². The minimum absolute atomic E-state index is 0.119. The zero-order valence-corrected chi connectivity index (χ0v) is 15.3. The second-order valence-electron chi connectivity index (χ2n) is 9.13. The Balaban J connectivity index is 1.91. The molecule has 0 aromatic rings. The van der Waals surface area contributed by atoms with Gasteiger partial charge in [0.25, 0.3) is 0 Å². The number of hydrogen-bond acceptors (Lipinski definition) is 4. The molecule has 0 bridgehead atoms. The summed E-state index contributed by atoms with van der Waals surface area (Å²) in [6, 6.07) is 0. The molecule has 0 aromatic heterocycles. The maximum Gasteiger partial charge on any atom is 0.189 e. The Morgan fingerprint density at radius 1 is 1.21 bits per heavy atom. The SMILES string of the molecule is C=C1CC[C@H]2C(C)(C)CCC[C@]2(C)[C@H]1[C@H]1C[C@@H](C=O)C[C@H](O)OO1. The lowest BCUT2D eigenvalue weighted by Gasteiger charge is -2.59. The lowest BCUT2D eigenvalue weighted by molar-refractivity contribution is -0.394. The van der Waals surface area contributed by atoms with Crippen molar-refractivity contribution in [3.8, 4) is 0 Å². The first-order chi connectivity index (χ1) is 11.3. The van der Waals surface area contributed by atoms with Crippen LogP contribution in [0.5, 0.6) is 0 Å². The van der Waals surface area contributed by atoms with E-state index in [1.165, 1.54) is 31.3 Å². The number of fused-ring (bicyclic) bond motifs is 1. The van der Waals surface area contributed by atoms with Crippen LogP contribution in [-0.2, 0) is 14.6 Å². The summed E-state index contributed by atoms with van der Waals surface area (Å²) in [5.74, 6) is 0.588. The summed E-state index contributed by atoms with van der Waals surface area (Å²) in [6.07, 6.45) is 6.48. The number of rotatable bonds is 2. The van der Waals surface area contributed by atoms with E-state index < -0.39 is 6.29 Å². The van der Waals surface area contributed by atoms with E-state index in [4.69, 9.17) is 9.78 Å². The van der Waals surface area contributed by atoms with Crippen LogP contribution >= 0.6 is 0 Å². The molecule has 0 radical (unpaired) electrons. The third-order valence-electron chi connectivity index (χ3n) is 7.07. The lowest BCUT2D eigenvalue weighted by Crippen LogP contribution is -2.53. The number of aliphatic hydroxyl groups excluding tert-OH is 1. The van der Waals surface area contributed by atoms with Crippen LogP contribution < -0.4 is 0 Å². The molecule has 136 valence electrons. The highest BCUT2D eigenvalue weighted by atomic mass is 17.2. The van der Waals surface area contributed by atoms with Gasteiger partial charge in [-0.1, -0.05) is 39.3 Å². The third kappa shape index (κ3) is 3.09. The Morgan fingerprint density at radius 3 is 2.67 bits per heavy atom. The number of hydrogen-bond donors (Lipinski definition) is 1. The molecule has 2 aliphatic carbocycles. The van der Waals surface area contributed by atoms with E-state index in [0.29, 0.717) is 24.2 Å². The van der Waals surface area contributed by atoms with Crippen LogP contribution in [0, 0.1) is 28.6 Å². The van der Waals surface area contributed by atoms with Gasteiger partial charge in [-0.25, -0.2) is 9.78 Å². The van der Waals surface area contributed by atoms with Gasteiger partial charge in [-0.2, -0.15) is 0 Å². The molecule has 3 fully saturated rings. The summed E-state index contributed by atoms with van der Waals surface area (Å²) in [5, 5.41) is 9.82. The highest BCUT2D eigenvalue weighted by Gasteiger charge is 2.55. The van der Waals surface area contributed by atoms with E-state index in [-0.39, 0.29) is 23.4 Å². The number of aldehydes is 1. The highest BCUT2D eigenvalue weighted by Crippen LogP contribution is 2.62. The van der Waals surface area contributed by atoms with Gasteiger partial charge in [0.1, 0.15) is 12.4 Å². The molecule has 0 aromatic carbocycles. The summed E-state index contributed by atoms with van der Waals surface area (Å²) in [4.78, 5) is 22.2. The Hall–Kier alpha value is -0.710. The average molecular weight is 336 g/mol. The van der Waals surface area contributed by atoms with E-state index in [2.05, 4.69) is 27.4 Å². The number of carbonyl (C=O) groups is 1. The molecule has 6 atom stereocenters. The highest BCUT2D eigenvalue weighted by molar-refractivity contribution is 5.53. The van der Waals surface area contributed by atoms with Crippen molar-refractivity contribution in [2.45, 2.75) is 78.1 Å². The summed E-state index contributed by atoms with van der Waals surface area (Å²) in [5.41, 5.74) is 1.66. The van der Waals surface area contributed by atoms with Crippen molar-refractivity contribution in [1.29, 1.82) is 0 Å². The second kappa shape index (κ2) is 6.54. The molecule has 0 unspecified atom stereocenters. The Morgan fingerprint density at radius 2 is 1.96 bits per heavy atom. The zero-order chi connectivity index (χ0) is 17.5. The first-order valence-electron chi connectivity index (χ1n) is 9.41. The van der Waals surface area contributed by atoms with Crippen molar-refractivity contribution in [2.24, 2.45) is 28.6 Å². The summed E-state index contributed by atoms with van der Waals surface area (Å²) in [7, 11) is 0. The standard InChI is InChI=1S/C20H32O4/c1-13-6-7-16-19(2,3)8-5-9-20(16,4)18(13)15-10-14(12-21)11-17(22)24-23-15/h12,14-18,22H,1,5-11H2,2-4H3/t14-,15-,16+,17-,18-,20+/m1/s1. The molecule has 3 rings (SSSR count). The minimum Gasteiger partial charge on any atom is -0.366 e. The van der Waals surface area contributed by atoms with Gasteiger partial charge in [-0.3, -0.25) is 0 Å². The van der Waals surface area contributed by atoms with Gasteiger partial charge >= 0.3 is 0 Å². The van der Waals surface area contributed by atoms with Crippen molar-refractivity contribution in [3.63, 3.8) is 0 Å². The molecule has 1 saturated heterocycles. The molecule has 0 amide bonds. The summed E-state index contributed by atoms with van der Waals surface area (Å²) in [6.45, 7) is 11.5.